The van der Waals surface area contributed by atoms with Crippen LogP contribution in [-0.4, -0.2) is 18.3 Å². The molecule has 1 atom stereocenters. The number of rotatable bonds is 4. The first-order valence-electron chi connectivity index (χ1n) is 6.65. The van der Waals surface area contributed by atoms with Gasteiger partial charge in [0.15, 0.2) is 0 Å². The molecule has 1 amide bonds. The van der Waals surface area contributed by atoms with Gasteiger partial charge in [0.2, 0.25) is 0 Å². The molecule has 0 aliphatic rings. The zero-order chi connectivity index (χ0) is 15.3. The molecule has 0 aliphatic carbocycles. The highest BCUT2D eigenvalue weighted by Gasteiger charge is 2.17. The number of carbonyl (C=O) groups is 1. The van der Waals surface area contributed by atoms with E-state index in [0.717, 1.165) is 16.8 Å². The summed E-state index contributed by atoms with van der Waals surface area (Å²) in [5.74, 6) is 5.25. The van der Waals surface area contributed by atoms with E-state index in [-0.39, 0.29) is 5.92 Å². The summed E-state index contributed by atoms with van der Waals surface area (Å²) < 4.78 is 5.25. The second-order valence-corrected chi connectivity index (χ2v) is 5.94. The summed E-state index contributed by atoms with van der Waals surface area (Å²) in [6.07, 6.45) is -0.458. The minimum absolute atomic E-state index is 0.153. The first kappa shape index (κ1) is 16.5. The van der Waals surface area contributed by atoms with Gasteiger partial charge in [0, 0.05) is 11.6 Å². The van der Waals surface area contributed by atoms with Crippen LogP contribution in [0.15, 0.2) is 18.2 Å². The zero-order valence-corrected chi connectivity index (χ0v) is 12.8. The van der Waals surface area contributed by atoms with Crippen LogP contribution in [0.1, 0.15) is 44.7 Å². The topological polar surface area (TPSA) is 73.6 Å². The Kier molecular flexibility index (Phi) is 5.53. The van der Waals surface area contributed by atoms with Crippen LogP contribution in [0.2, 0.25) is 0 Å². The second-order valence-electron chi connectivity index (χ2n) is 5.94. The Morgan fingerprint density at radius 3 is 2.60 bits per heavy atom. The number of nitrogens with one attached hydrogen (secondary N) is 1. The van der Waals surface area contributed by atoms with Crippen LogP contribution >= 0.6 is 0 Å². The van der Waals surface area contributed by atoms with Gasteiger partial charge in [0.05, 0.1) is 6.61 Å². The number of carbonyl (C=O) groups excluding carboxylic acids is 1. The molecule has 0 bridgehead atoms. The van der Waals surface area contributed by atoms with Gasteiger partial charge in [-0.2, -0.15) is 0 Å². The number of nitrogens with two attached hydrogens (primary N) is 1. The molecule has 0 heterocycles. The number of benzene rings is 1. The van der Waals surface area contributed by atoms with E-state index in [1.54, 1.807) is 0 Å². The SMILES string of the molecule is Cc1ccc(C(C)CON)cc1NC(=O)OC(C)(C)C. The molecule has 0 aliphatic heterocycles. The Hall–Kier alpha value is -1.59. The fraction of sp³-hybridized carbons (Fsp3) is 0.533. The lowest BCUT2D eigenvalue weighted by atomic mass is 9.99. The smallest absolute Gasteiger partial charge is 0.412 e. The summed E-state index contributed by atoms with van der Waals surface area (Å²) in [6.45, 7) is 9.86. The monoisotopic (exact) mass is 280 g/mol. The van der Waals surface area contributed by atoms with Gasteiger partial charge in [-0.3, -0.25) is 5.32 Å². The van der Waals surface area contributed by atoms with Gasteiger partial charge in [-0.1, -0.05) is 19.1 Å². The summed E-state index contributed by atoms with van der Waals surface area (Å²) >= 11 is 0. The summed E-state index contributed by atoms with van der Waals surface area (Å²) in [7, 11) is 0. The van der Waals surface area contributed by atoms with Gasteiger partial charge in [-0.15, -0.1) is 0 Å². The highest BCUT2D eigenvalue weighted by Crippen LogP contribution is 2.23. The molecular weight excluding hydrogens is 256 g/mol. The lowest BCUT2D eigenvalue weighted by Gasteiger charge is -2.20. The Labute approximate surface area is 120 Å². The number of ether oxygens (including phenoxy) is 1. The molecule has 20 heavy (non-hydrogen) atoms. The number of hydrogen-bond acceptors (Lipinski definition) is 4. The summed E-state index contributed by atoms with van der Waals surface area (Å²) in [5, 5.41) is 2.77. The third kappa shape index (κ3) is 5.19. The van der Waals surface area contributed by atoms with E-state index in [1.165, 1.54) is 0 Å². The highest BCUT2D eigenvalue weighted by atomic mass is 16.6. The third-order valence-corrected chi connectivity index (χ3v) is 2.81. The van der Waals surface area contributed by atoms with Gasteiger partial charge >= 0.3 is 6.09 Å². The Balaban J connectivity index is 2.84. The van der Waals surface area contributed by atoms with Crippen molar-refractivity contribution in [2.75, 3.05) is 11.9 Å². The normalized spacial score (nSPS) is 12.9. The summed E-state index contributed by atoms with van der Waals surface area (Å²) in [5.41, 5.74) is 2.24. The van der Waals surface area contributed by atoms with Gasteiger partial charge in [0.1, 0.15) is 5.60 Å². The molecule has 1 unspecified atom stereocenters. The summed E-state index contributed by atoms with van der Waals surface area (Å²) in [4.78, 5) is 16.5. The van der Waals surface area contributed by atoms with Crippen molar-refractivity contribution in [2.24, 2.45) is 5.90 Å². The predicted octanol–water partition coefficient (Wildman–Crippen LogP) is 3.34. The highest BCUT2D eigenvalue weighted by molar-refractivity contribution is 5.86. The first-order valence-corrected chi connectivity index (χ1v) is 6.65. The van der Waals surface area contributed by atoms with E-state index >= 15 is 0 Å². The van der Waals surface area contributed by atoms with E-state index in [1.807, 2.05) is 52.8 Å². The molecule has 1 aromatic rings. The maximum Gasteiger partial charge on any atom is 0.412 e. The van der Waals surface area contributed by atoms with E-state index < -0.39 is 11.7 Å². The number of anilines is 1. The molecule has 1 rings (SSSR count). The summed E-state index contributed by atoms with van der Waals surface area (Å²) in [6, 6.07) is 5.87. The fourth-order valence-corrected chi connectivity index (χ4v) is 1.73. The van der Waals surface area contributed by atoms with Gasteiger partial charge in [-0.05, 0) is 44.9 Å². The van der Waals surface area contributed by atoms with E-state index in [0.29, 0.717) is 6.61 Å². The molecule has 5 heteroatoms. The van der Waals surface area contributed by atoms with Crippen LogP contribution in [-0.2, 0) is 9.57 Å². The fourth-order valence-electron chi connectivity index (χ4n) is 1.73. The molecule has 0 radical (unpaired) electrons. The Morgan fingerprint density at radius 1 is 1.40 bits per heavy atom. The van der Waals surface area contributed by atoms with Crippen molar-refractivity contribution < 1.29 is 14.4 Å². The van der Waals surface area contributed by atoms with Gasteiger partial charge in [-0.25, -0.2) is 10.7 Å². The maximum atomic E-state index is 11.8. The molecule has 0 fully saturated rings. The van der Waals surface area contributed by atoms with Crippen molar-refractivity contribution in [1.29, 1.82) is 0 Å². The Bertz CT molecular complexity index is 467. The number of hydrogen-bond donors (Lipinski definition) is 2. The molecule has 0 aromatic heterocycles. The number of aryl methyl sites for hydroxylation is 1. The predicted molar refractivity (Wildman–Crippen MR) is 79.6 cm³/mol. The largest absolute Gasteiger partial charge is 0.444 e. The lowest BCUT2D eigenvalue weighted by Crippen LogP contribution is -2.27. The minimum atomic E-state index is -0.518. The van der Waals surface area contributed by atoms with Gasteiger partial charge in [0.25, 0.3) is 0 Å². The van der Waals surface area contributed by atoms with Crippen LogP contribution in [0, 0.1) is 6.92 Å². The van der Waals surface area contributed by atoms with Crippen molar-refractivity contribution in [2.45, 2.75) is 46.1 Å². The van der Waals surface area contributed by atoms with E-state index in [2.05, 4.69) is 10.2 Å². The first-order chi connectivity index (χ1) is 9.23. The Morgan fingerprint density at radius 2 is 2.05 bits per heavy atom. The van der Waals surface area contributed by atoms with E-state index in [4.69, 9.17) is 10.6 Å². The molecule has 1 aromatic carbocycles. The number of amides is 1. The molecule has 3 N–H and O–H groups in total. The van der Waals surface area contributed by atoms with Crippen molar-refractivity contribution in [3.05, 3.63) is 29.3 Å². The van der Waals surface area contributed by atoms with Crippen LogP contribution in [0.3, 0.4) is 0 Å². The van der Waals surface area contributed by atoms with Crippen molar-refractivity contribution in [3.8, 4) is 0 Å². The average Bonchev–Trinajstić information content (AvgIpc) is 2.29. The van der Waals surface area contributed by atoms with Crippen LogP contribution in [0.25, 0.3) is 0 Å². The zero-order valence-electron chi connectivity index (χ0n) is 12.8. The molecule has 112 valence electrons. The van der Waals surface area contributed by atoms with Crippen LogP contribution in [0.4, 0.5) is 10.5 Å². The van der Waals surface area contributed by atoms with Crippen LogP contribution < -0.4 is 11.2 Å². The van der Waals surface area contributed by atoms with Crippen molar-refractivity contribution >= 4 is 11.8 Å². The molecular formula is C15H24N2O3. The lowest BCUT2D eigenvalue weighted by molar-refractivity contribution is 0.0636. The third-order valence-electron chi connectivity index (χ3n) is 2.81. The molecule has 0 saturated heterocycles. The average molecular weight is 280 g/mol. The van der Waals surface area contributed by atoms with Gasteiger partial charge < -0.3 is 9.57 Å². The molecule has 5 nitrogen and oxygen atoms in total. The quantitative estimate of drug-likeness (QED) is 0.830. The second kappa shape index (κ2) is 6.72. The molecule has 0 saturated carbocycles. The van der Waals surface area contributed by atoms with Crippen molar-refractivity contribution in [1.82, 2.24) is 0 Å². The van der Waals surface area contributed by atoms with Crippen molar-refractivity contribution in [3.63, 3.8) is 0 Å². The van der Waals surface area contributed by atoms with E-state index in [9.17, 15) is 4.79 Å². The minimum Gasteiger partial charge on any atom is -0.444 e. The maximum absolute atomic E-state index is 11.8. The standard InChI is InChI=1S/C15H24N2O3/c1-10-6-7-12(11(2)9-19-16)8-13(10)17-14(18)20-15(3,4)5/h6-8,11H,9,16H2,1-5H3,(H,17,18). The van der Waals surface area contributed by atoms with Crippen LogP contribution in [0.5, 0.6) is 0 Å². The molecule has 0 spiro atoms.